The fraction of sp³-hybridized carbons (Fsp3) is 0.524. The molecule has 0 atom stereocenters. The summed E-state index contributed by atoms with van der Waals surface area (Å²) in [5, 5.41) is 8.04. The van der Waals surface area contributed by atoms with Crippen LogP contribution in [0.15, 0.2) is 29.3 Å². The van der Waals surface area contributed by atoms with Crippen molar-refractivity contribution in [2.24, 2.45) is 4.99 Å². The van der Waals surface area contributed by atoms with E-state index in [1.807, 2.05) is 13.0 Å². The van der Waals surface area contributed by atoms with Crippen molar-refractivity contribution >= 4 is 47.0 Å². The first-order valence-electron chi connectivity index (χ1n) is 10.0. The number of hydrogen-bond donors (Lipinski definition) is 2. The van der Waals surface area contributed by atoms with Gasteiger partial charge < -0.3 is 15.5 Å². The van der Waals surface area contributed by atoms with Gasteiger partial charge in [0.2, 0.25) is 0 Å². The van der Waals surface area contributed by atoms with E-state index in [1.54, 1.807) is 23.5 Å². The topological polar surface area (TPSA) is 52.6 Å². The number of aryl methyl sites for hydroxylation is 2. The molecule has 1 aliphatic rings. The molecule has 0 saturated carbocycles. The van der Waals surface area contributed by atoms with Crippen molar-refractivity contribution in [1.29, 1.82) is 0 Å². The van der Waals surface area contributed by atoms with Crippen molar-refractivity contribution in [1.82, 2.24) is 15.6 Å². The first-order valence-corrected chi connectivity index (χ1v) is 10.8. The monoisotopic (exact) mass is 531 g/mol. The minimum absolute atomic E-state index is 0. The van der Waals surface area contributed by atoms with E-state index in [9.17, 15) is 4.39 Å². The molecule has 1 fully saturated rings. The zero-order valence-corrected chi connectivity index (χ0v) is 20.5. The first-order chi connectivity index (χ1) is 13.5. The molecule has 1 aromatic carbocycles. The highest BCUT2D eigenvalue weighted by Gasteiger charge is 2.20. The molecule has 29 heavy (non-hydrogen) atoms. The maximum absolute atomic E-state index is 13.5. The Kier molecular flexibility index (Phi) is 9.61. The van der Waals surface area contributed by atoms with Crippen molar-refractivity contribution in [2.75, 3.05) is 31.1 Å². The van der Waals surface area contributed by atoms with E-state index in [0.29, 0.717) is 6.04 Å². The minimum atomic E-state index is -0.175. The third-order valence-electron chi connectivity index (χ3n) is 4.96. The van der Waals surface area contributed by atoms with Crippen LogP contribution >= 0.6 is 35.3 Å². The van der Waals surface area contributed by atoms with Crippen molar-refractivity contribution < 1.29 is 4.39 Å². The zero-order chi connectivity index (χ0) is 19.9. The van der Waals surface area contributed by atoms with Crippen molar-refractivity contribution in [3.63, 3.8) is 0 Å². The van der Waals surface area contributed by atoms with Gasteiger partial charge in [0.25, 0.3) is 0 Å². The normalized spacial score (nSPS) is 15.2. The lowest BCUT2D eigenvalue weighted by atomic mass is 10.0. The summed E-state index contributed by atoms with van der Waals surface area (Å²) in [7, 11) is 0. The Morgan fingerprint density at radius 2 is 2.07 bits per heavy atom. The van der Waals surface area contributed by atoms with Gasteiger partial charge in [-0.05, 0) is 51.8 Å². The lowest BCUT2D eigenvalue weighted by molar-refractivity contribution is 0.461. The Labute approximate surface area is 194 Å². The third kappa shape index (κ3) is 7.09. The van der Waals surface area contributed by atoms with Gasteiger partial charge in [-0.2, -0.15) is 0 Å². The van der Waals surface area contributed by atoms with E-state index in [1.165, 1.54) is 10.9 Å². The molecule has 1 aromatic heterocycles. The first kappa shape index (κ1) is 23.9. The van der Waals surface area contributed by atoms with Gasteiger partial charge in [0.05, 0.1) is 10.7 Å². The Bertz CT molecular complexity index is 802. The quantitative estimate of drug-likeness (QED) is 0.332. The molecule has 1 aliphatic heterocycles. The van der Waals surface area contributed by atoms with Gasteiger partial charge in [0.1, 0.15) is 5.82 Å². The van der Waals surface area contributed by atoms with Crippen LogP contribution < -0.4 is 15.5 Å². The molecule has 2 N–H and O–H groups in total. The Balaban J connectivity index is 0.00000300. The van der Waals surface area contributed by atoms with Crippen LogP contribution in [0.2, 0.25) is 0 Å². The maximum Gasteiger partial charge on any atom is 0.191 e. The summed E-state index contributed by atoms with van der Waals surface area (Å²) in [6.07, 6.45) is 2.94. The van der Waals surface area contributed by atoms with Gasteiger partial charge in [0.15, 0.2) is 5.96 Å². The summed E-state index contributed by atoms with van der Waals surface area (Å²) < 4.78 is 13.5. The Hall–Kier alpha value is -1.42. The molecule has 0 unspecified atom stereocenters. The highest BCUT2D eigenvalue weighted by atomic mass is 127. The minimum Gasteiger partial charge on any atom is -0.371 e. The molecular formula is C21H31FIN5S. The predicted molar refractivity (Wildman–Crippen MR) is 131 cm³/mol. The number of thiazole rings is 1. The van der Waals surface area contributed by atoms with E-state index in [-0.39, 0.29) is 29.8 Å². The fourth-order valence-electron chi connectivity index (χ4n) is 3.54. The van der Waals surface area contributed by atoms with Crippen molar-refractivity contribution in [3.05, 3.63) is 45.7 Å². The van der Waals surface area contributed by atoms with Crippen LogP contribution in [0, 0.1) is 19.7 Å². The lowest BCUT2D eigenvalue weighted by Crippen LogP contribution is -2.48. The molecule has 8 heteroatoms. The van der Waals surface area contributed by atoms with Crippen molar-refractivity contribution in [2.45, 2.75) is 46.1 Å². The largest absolute Gasteiger partial charge is 0.371 e. The molecule has 2 heterocycles. The molecular weight excluding hydrogens is 500 g/mol. The second kappa shape index (κ2) is 11.7. The van der Waals surface area contributed by atoms with Gasteiger partial charge in [-0.15, -0.1) is 35.3 Å². The van der Waals surface area contributed by atoms with Gasteiger partial charge in [-0.1, -0.05) is 6.07 Å². The van der Waals surface area contributed by atoms with Gasteiger partial charge in [0, 0.05) is 49.2 Å². The number of aromatic nitrogens is 1. The molecule has 0 spiro atoms. The van der Waals surface area contributed by atoms with Crippen LogP contribution in [-0.4, -0.2) is 43.2 Å². The molecule has 2 aromatic rings. The second-order valence-corrected chi connectivity index (χ2v) is 8.43. The number of guanidine groups is 1. The number of nitrogens with one attached hydrogen (secondary N) is 2. The van der Waals surface area contributed by atoms with E-state index in [2.05, 4.69) is 34.4 Å². The highest BCUT2D eigenvalue weighted by molar-refractivity contribution is 14.0. The van der Waals surface area contributed by atoms with Crippen LogP contribution in [-0.2, 0) is 6.42 Å². The number of benzene rings is 1. The molecule has 0 bridgehead atoms. The number of piperidine rings is 1. The fourth-order valence-corrected chi connectivity index (χ4v) is 4.47. The molecule has 0 radical (unpaired) electrons. The smallest absolute Gasteiger partial charge is 0.191 e. The number of halogens is 2. The zero-order valence-electron chi connectivity index (χ0n) is 17.4. The predicted octanol–water partition coefficient (Wildman–Crippen LogP) is 4.28. The van der Waals surface area contributed by atoms with E-state index >= 15 is 0 Å². The molecule has 0 aliphatic carbocycles. The summed E-state index contributed by atoms with van der Waals surface area (Å²) in [4.78, 5) is 12.8. The van der Waals surface area contributed by atoms with Crippen LogP contribution in [0.3, 0.4) is 0 Å². The molecule has 3 rings (SSSR count). The average Bonchev–Trinajstić information content (AvgIpc) is 2.99. The number of anilines is 1. The summed E-state index contributed by atoms with van der Waals surface area (Å²) in [6, 6.07) is 7.24. The van der Waals surface area contributed by atoms with E-state index in [4.69, 9.17) is 4.99 Å². The third-order valence-corrected chi connectivity index (χ3v) is 6.09. The highest BCUT2D eigenvalue weighted by Crippen LogP contribution is 2.21. The summed E-state index contributed by atoms with van der Waals surface area (Å²) >= 11 is 1.76. The standard InChI is InChI=1S/C21H30FN5S.HI/c1-4-23-21(24-11-8-20-15(2)25-16(3)28-20)26-18-9-12-27(13-10-18)19-7-5-6-17(22)14-19;/h5-7,14,18H,4,8-13H2,1-3H3,(H2,23,24,26);1H. The number of aliphatic imine (C=N–C) groups is 1. The Morgan fingerprint density at radius 3 is 2.69 bits per heavy atom. The number of hydrogen-bond acceptors (Lipinski definition) is 4. The van der Waals surface area contributed by atoms with Crippen LogP contribution in [0.1, 0.15) is 35.3 Å². The van der Waals surface area contributed by atoms with Gasteiger partial charge in [-0.25, -0.2) is 9.37 Å². The van der Waals surface area contributed by atoms with Gasteiger partial charge >= 0.3 is 0 Å². The molecule has 0 amide bonds. The van der Waals surface area contributed by atoms with E-state index in [0.717, 1.165) is 67.8 Å². The lowest BCUT2D eigenvalue weighted by Gasteiger charge is -2.34. The summed E-state index contributed by atoms with van der Waals surface area (Å²) in [5.74, 6) is 0.705. The molecule has 5 nitrogen and oxygen atoms in total. The Morgan fingerprint density at radius 1 is 1.31 bits per heavy atom. The van der Waals surface area contributed by atoms with Gasteiger partial charge in [-0.3, -0.25) is 4.99 Å². The number of rotatable bonds is 6. The molecule has 1 saturated heterocycles. The summed E-state index contributed by atoms with van der Waals surface area (Å²) in [6.45, 7) is 9.62. The average molecular weight is 531 g/mol. The molecule has 160 valence electrons. The van der Waals surface area contributed by atoms with Crippen LogP contribution in [0.5, 0.6) is 0 Å². The maximum atomic E-state index is 13.5. The second-order valence-electron chi connectivity index (χ2n) is 7.14. The van der Waals surface area contributed by atoms with E-state index < -0.39 is 0 Å². The SMILES string of the molecule is CCNC(=NCCc1sc(C)nc1C)NC1CCN(c2cccc(F)c2)CC1.I. The van der Waals surface area contributed by atoms with Crippen molar-refractivity contribution in [3.8, 4) is 0 Å². The van der Waals surface area contributed by atoms with Crippen LogP contribution in [0.4, 0.5) is 10.1 Å². The summed E-state index contributed by atoms with van der Waals surface area (Å²) in [5.41, 5.74) is 2.09. The number of nitrogens with zero attached hydrogens (tertiary/aromatic N) is 3. The van der Waals surface area contributed by atoms with Crippen LogP contribution in [0.25, 0.3) is 0 Å².